The van der Waals surface area contributed by atoms with Crippen LogP contribution in [0.3, 0.4) is 0 Å². The quantitative estimate of drug-likeness (QED) is 0.923. The SMILES string of the molecule is COc1ccc(Cl)cc1NC(=O)CCn1ccccc1=O. The maximum Gasteiger partial charge on any atom is 0.250 e. The largest absolute Gasteiger partial charge is 0.495 e. The molecule has 2 rings (SSSR count). The Labute approximate surface area is 127 Å². The van der Waals surface area contributed by atoms with Gasteiger partial charge in [0.2, 0.25) is 5.91 Å². The summed E-state index contributed by atoms with van der Waals surface area (Å²) in [5.41, 5.74) is 0.376. The average Bonchev–Trinajstić information content (AvgIpc) is 2.47. The summed E-state index contributed by atoms with van der Waals surface area (Å²) in [5.74, 6) is 0.316. The molecule has 5 nitrogen and oxygen atoms in total. The molecule has 0 aliphatic heterocycles. The molecule has 0 unspecified atom stereocenters. The number of hydrogen-bond acceptors (Lipinski definition) is 3. The van der Waals surface area contributed by atoms with Gasteiger partial charge in [0.05, 0.1) is 12.8 Å². The van der Waals surface area contributed by atoms with Gasteiger partial charge in [0.1, 0.15) is 5.75 Å². The summed E-state index contributed by atoms with van der Waals surface area (Å²) >= 11 is 5.90. The molecule has 0 aliphatic rings. The van der Waals surface area contributed by atoms with Crippen molar-refractivity contribution in [2.45, 2.75) is 13.0 Å². The zero-order chi connectivity index (χ0) is 15.2. The molecule has 1 aromatic heterocycles. The maximum atomic E-state index is 12.0. The summed E-state index contributed by atoms with van der Waals surface area (Å²) in [5, 5.41) is 3.23. The molecule has 0 radical (unpaired) electrons. The van der Waals surface area contributed by atoms with Crippen LogP contribution in [0.1, 0.15) is 6.42 Å². The van der Waals surface area contributed by atoms with Gasteiger partial charge in [-0.15, -0.1) is 0 Å². The first-order chi connectivity index (χ1) is 10.1. The second kappa shape index (κ2) is 6.95. The van der Waals surface area contributed by atoms with Crippen molar-refractivity contribution in [1.29, 1.82) is 0 Å². The summed E-state index contributed by atoms with van der Waals surface area (Å²) in [6.07, 6.45) is 1.83. The molecule has 1 heterocycles. The number of rotatable bonds is 5. The zero-order valence-corrected chi connectivity index (χ0v) is 12.3. The molecule has 0 fully saturated rings. The van der Waals surface area contributed by atoms with E-state index in [0.29, 0.717) is 23.0 Å². The van der Waals surface area contributed by atoms with Crippen LogP contribution in [0.15, 0.2) is 47.4 Å². The first-order valence-electron chi connectivity index (χ1n) is 6.39. The number of amides is 1. The van der Waals surface area contributed by atoms with Crippen LogP contribution in [0.25, 0.3) is 0 Å². The number of carbonyl (C=O) groups is 1. The number of halogens is 1. The number of nitrogens with one attached hydrogen (secondary N) is 1. The number of methoxy groups -OCH3 is 1. The summed E-state index contributed by atoms with van der Waals surface area (Å²) in [4.78, 5) is 23.5. The second-order valence-electron chi connectivity index (χ2n) is 4.38. The zero-order valence-electron chi connectivity index (χ0n) is 11.5. The molecule has 0 aliphatic carbocycles. The van der Waals surface area contributed by atoms with Gasteiger partial charge < -0.3 is 14.6 Å². The summed E-state index contributed by atoms with van der Waals surface area (Å²) in [6, 6.07) is 9.85. The monoisotopic (exact) mass is 306 g/mol. The standard InChI is InChI=1S/C15H15ClN2O3/c1-21-13-6-5-11(16)10-12(13)17-14(19)7-9-18-8-3-2-4-15(18)20/h2-6,8,10H,7,9H2,1H3,(H,17,19). The van der Waals surface area contributed by atoms with Crippen LogP contribution in [-0.2, 0) is 11.3 Å². The second-order valence-corrected chi connectivity index (χ2v) is 4.81. The van der Waals surface area contributed by atoms with Gasteiger partial charge in [-0.25, -0.2) is 0 Å². The van der Waals surface area contributed by atoms with E-state index in [0.717, 1.165) is 0 Å². The van der Waals surface area contributed by atoms with Crippen molar-refractivity contribution >= 4 is 23.2 Å². The van der Waals surface area contributed by atoms with Gasteiger partial charge in [-0.1, -0.05) is 17.7 Å². The number of aromatic nitrogens is 1. The molecule has 0 saturated heterocycles. The highest BCUT2D eigenvalue weighted by Gasteiger charge is 2.08. The van der Waals surface area contributed by atoms with Crippen molar-refractivity contribution in [2.24, 2.45) is 0 Å². The van der Waals surface area contributed by atoms with Crippen LogP contribution >= 0.6 is 11.6 Å². The molecule has 21 heavy (non-hydrogen) atoms. The van der Waals surface area contributed by atoms with Gasteiger partial charge in [-0.05, 0) is 24.3 Å². The van der Waals surface area contributed by atoms with Crippen LogP contribution in [0.5, 0.6) is 5.75 Å². The predicted octanol–water partition coefficient (Wildman–Crippen LogP) is 2.54. The van der Waals surface area contributed by atoms with Crippen molar-refractivity contribution in [3.63, 3.8) is 0 Å². The Morgan fingerprint density at radius 3 is 2.86 bits per heavy atom. The normalized spacial score (nSPS) is 10.2. The minimum Gasteiger partial charge on any atom is -0.495 e. The third-order valence-corrected chi connectivity index (χ3v) is 3.15. The highest BCUT2D eigenvalue weighted by Crippen LogP contribution is 2.27. The fourth-order valence-corrected chi connectivity index (χ4v) is 2.03. The molecule has 0 atom stereocenters. The van der Waals surface area contributed by atoms with E-state index >= 15 is 0 Å². The Hall–Kier alpha value is -2.27. The Bertz CT molecular complexity index is 697. The minimum absolute atomic E-state index is 0.134. The van der Waals surface area contributed by atoms with E-state index in [9.17, 15) is 9.59 Å². The first-order valence-corrected chi connectivity index (χ1v) is 6.77. The molecular formula is C15H15ClN2O3. The van der Waals surface area contributed by atoms with Crippen LogP contribution < -0.4 is 15.6 Å². The van der Waals surface area contributed by atoms with E-state index in [4.69, 9.17) is 16.3 Å². The highest BCUT2D eigenvalue weighted by molar-refractivity contribution is 6.31. The predicted molar refractivity (Wildman–Crippen MR) is 82.0 cm³/mol. The Balaban J connectivity index is 2.01. The number of carbonyl (C=O) groups excluding carboxylic acids is 1. The maximum absolute atomic E-state index is 12.0. The number of pyridine rings is 1. The molecule has 0 spiro atoms. The van der Waals surface area contributed by atoms with E-state index in [1.54, 1.807) is 36.5 Å². The molecule has 6 heteroatoms. The fourth-order valence-electron chi connectivity index (χ4n) is 1.86. The third-order valence-electron chi connectivity index (χ3n) is 2.91. The smallest absolute Gasteiger partial charge is 0.250 e. The molecular weight excluding hydrogens is 292 g/mol. The van der Waals surface area contributed by atoms with Crippen LogP contribution in [-0.4, -0.2) is 17.6 Å². The van der Waals surface area contributed by atoms with Gasteiger partial charge in [-0.3, -0.25) is 9.59 Å². The van der Waals surface area contributed by atoms with E-state index in [1.165, 1.54) is 17.7 Å². The molecule has 1 N–H and O–H groups in total. The first kappa shape index (κ1) is 15.1. The third kappa shape index (κ3) is 4.10. The molecule has 1 aromatic carbocycles. The van der Waals surface area contributed by atoms with Crippen molar-refractivity contribution in [2.75, 3.05) is 12.4 Å². The van der Waals surface area contributed by atoms with Crippen LogP contribution in [0.4, 0.5) is 5.69 Å². The van der Waals surface area contributed by atoms with E-state index < -0.39 is 0 Å². The van der Waals surface area contributed by atoms with E-state index in [2.05, 4.69) is 5.32 Å². The van der Waals surface area contributed by atoms with Crippen molar-refractivity contribution in [3.05, 3.63) is 58.0 Å². The summed E-state index contributed by atoms with van der Waals surface area (Å²) in [7, 11) is 1.52. The van der Waals surface area contributed by atoms with Crippen molar-refractivity contribution < 1.29 is 9.53 Å². The number of nitrogens with zero attached hydrogens (tertiary/aromatic N) is 1. The molecule has 1 amide bonds. The molecule has 0 saturated carbocycles. The number of anilines is 1. The van der Waals surface area contributed by atoms with Crippen molar-refractivity contribution in [1.82, 2.24) is 4.57 Å². The Kier molecular flexibility index (Phi) is 5.00. The highest BCUT2D eigenvalue weighted by atomic mass is 35.5. The molecule has 0 bridgehead atoms. The van der Waals surface area contributed by atoms with E-state index in [-0.39, 0.29) is 17.9 Å². The van der Waals surface area contributed by atoms with Crippen LogP contribution in [0, 0.1) is 0 Å². The fraction of sp³-hybridized carbons (Fsp3) is 0.200. The van der Waals surface area contributed by atoms with Gasteiger partial charge in [-0.2, -0.15) is 0 Å². The number of hydrogen-bond donors (Lipinski definition) is 1. The van der Waals surface area contributed by atoms with Gasteiger partial charge in [0.15, 0.2) is 0 Å². The average molecular weight is 307 g/mol. The number of aryl methyl sites for hydroxylation is 1. The minimum atomic E-state index is -0.216. The van der Waals surface area contributed by atoms with Crippen LogP contribution in [0.2, 0.25) is 5.02 Å². The van der Waals surface area contributed by atoms with Crippen molar-refractivity contribution in [3.8, 4) is 5.75 Å². The lowest BCUT2D eigenvalue weighted by Crippen LogP contribution is -2.21. The number of ether oxygens (including phenoxy) is 1. The summed E-state index contributed by atoms with van der Waals surface area (Å²) in [6.45, 7) is 0.314. The van der Waals surface area contributed by atoms with Gasteiger partial charge >= 0.3 is 0 Å². The Morgan fingerprint density at radius 1 is 1.33 bits per heavy atom. The lowest BCUT2D eigenvalue weighted by atomic mass is 10.2. The van der Waals surface area contributed by atoms with E-state index in [1.807, 2.05) is 0 Å². The summed E-state index contributed by atoms with van der Waals surface area (Å²) < 4.78 is 6.64. The topological polar surface area (TPSA) is 60.3 Å². The Morgan fingerprint density at radius 2 is 2.14 bits per heavy atom. The van der Waals surface area contributed by atoms with Gasteiger partial charge in [0.25, 0.3) is 5.56 Å². The lowest BCUT2D eigenvalue weighted by molar-refractivity contribution is -0.116. The molecule has 2 aromatic rings. The lowest BCUT2D eigenvalue weighted by Gasteiger charge is -2.11. The molecule has 110 valence electrons. The number of benzene rings is 1. The van der Waals surface area contributed by atoms with Gasteiger partial charge in [0, 0.05) is 30.3 Å².